The van der Waals surface area contributed by atoms with Gasteiger partial charge in [0.2, 0.25) is 5.91 Å². The van der Waals surface area contributed by atoms with E-state index in [0.717, 1.165) is 22.3 Å². The Morgan fingerprint density at radius 3 is 2.17 bits per heavy atom. The Morgan fingerprint density at radius 2 is 1.61 bits per heavy atom. The van der Waals surface area contributed by atoms with Crippen LogP contribution in [0.5, 0.6) is 0 Å². The highest BCUT2D eigenvalue weighted by atomic mass is 16.5. The molecule has 4 heteroatoms. The molecule has 1 fully saturated rings. The van der Waals surface area contributed by atoms with Crippen molar-refractivity contribution in [2.45, 2.75) is 24.9 Å². The van der Waals surface area contributed by atoms with Crippen LogP contribution in [-0.4, -0.2) is 43.9 Å². The number of carbonyl (C=O) groups is 1. The van der Waals surface area contributed by atoms with Gasteiger partial charge in [-0.15, -0.1) is 0 Å². The minimum atomic E-state index is -0.408. The number of rotatable bonds is 1. The first-order chi connectivity index (χ1) is 11.1. The van der Waals surface area contributed by atoms with Crippen molar-refractivity contribution in [3.05, 3.63) is 59.7 Å². The topological polar surface area (TPSA) is 29.5 Å². The van der Waals surface area contributed by atoms with Gasteiger partial charge in [-0.1, -0.05) is 48.5 Å². The first-order valence-electron chi connectivity index (χ1n) is 8.03. The van der Waals surface area contributed by atoms with E-state index in [1.54, 1.807) is 0 Å². The summed E-state index contributed by atoms with van der Waals surface area (Å²) in [6.07, 6.45) is -0.0328. The molecule has 2 aliphatic rings. The van der Waals surface area contributed by atoms with Crippen LogP contribution in [0.25, 0.3) is 11.1 Å². The van der Waals surface area contributed by atoms with Crippen molar-refractivity contribution in [3.63, 3.8) is 0 Å². The summed E-state index contributed by atoms with van der Waals surface area (Å²) in [6, 6.07) is 15.9. The normalized spacial score (nSPS) is 23.4. The lowest BCUT2D eigenvalue weighted by atomic mass is 9.92. The van der Waals surface area contributed by atoms with Crippen molar-refractivity contribution < 1.29 is 9.53 Å². The van der Waals surface area contributed by atoms with Crippen molar-refractivity contribution in [2.75, 3.05) is 13.1 Å². The van der Waals surface area contributed by atoms with Gasteiger partial charge in [0.1, 0.15) is 7.85 Å². The lowest BCUT2D eigenvalue weighted by Gasteiger charge is -2.37. The maximum atomic E-state index is 13.2. The minimum Gasteiger partial charge on any atom is -0.381 e. The summed E-state index contributed by atoms with van der Waals surface area (Å²) >= 11 is 0. The molecule has 23 heavy (non-hydrogen) atoms. The van der Waals surface area contributed by atoms with Gasteiger partial charge >= 0.3 is 0 Å². The Labute approximate surface area is 137 Å². The maximum Gasteiger partial charge on any atom is 0.234 e. The van der Waals surface area contributed by atoms with Gasteiger partial charge in [-0.2, -0.15) is 0 Å². The van der Waals surface area contributed by atoms with Crippen LogP contribution in [0.4, 0.5) is 0 Å². The second-order valence-corrected chi connectivity index (χ2v) is 6.34. The average Bonchev–Trinajstić information content (AvgIpc) is 2.88. The Morgan fingerprint density at radius 1 is 1.04 bits per heavy atom. The summed E-state index contributed by atoms with van der Waals surface area (Å²) in [7, 11) is 5.93. The number of benzene rings is 2. The molecule has 2 aromatic rings. The number of morpholine rings is 1. The third-order valence-corrected chi connectivity index (χ3v) is 4.68. The molecule has 2 unspecified atom stereocenters. The highest BCUT2D eigenvalue weighted by Crippen LogP contribution is 2.45. The quantitative estimate of drug-likeness (QED) is 0.758. The Kier molecular flexibility index (Phi) is 3.49. The second kappa shape index (κ2) is 5.53. The molecule has 0 bridgehead atoms. The monoisotopic (exact) mass is 303 g/mol. The summed E-state index contributed by atoms with van der Waals surface area (Å²) in [5.41, 5.74) is 4.50. The van der Waals surface area contributed by atoms with Gasteiger partial charge in [0.25, 0.3) is 0 Å². The van der Waals surface area contributed by atoms with Crippen molar-refractivity contribution in [2.24, 2.45) is 0 Å². The number of fused-ring (bicyclic) bond motifs is 3. The highest BCUT2D eigenvalue weighted by molar-refractivity contribution is 6.11. The summed E-state index contributed by atoms with van der Waals surface area (Å²) < 4.78 is 5.55. The molecule has 1 heterocycles. The van der Waals surface area contributed by atoms with Gasteiger partial charge in [-0.3, -0.25) is 4.79 Å². The molecule has 2 radical (unpaired) electrons. The summed E-state index contributed by atoms with van der Waals surface area (Å²) in [5.74, 6) is -0.118. The van der Waals surface area contributed by atoms with Crippen molar-refractivity contribution in [1.29, 1.82) is 0 Å². The number of hydrogen-bond acceptors (Lipinski definition) is 2. The molecule has 1 saturated heterocycles. The van der Waals surface area contributed by atoms with E-state index in [2.05, 4.69) is 24.3 Å². The standard InChI is InChI=1S/C19H18BNO2/c1-12-10-21(11-17(20)23-12)19(22)18-15-8-4-2-6-13(15)14-7-3-5-9-16(14)18/h2-9,12,17-18H,10-11H2,1H3. The summed E-state index contributed by atoms with van der Waals surface area (Å²) in [4.78, 5) is 15.1. The molecule has 0 N–H and O–H groups in total. The van der Waals surface area contributed by atoms with Gasteiger partial charge in [-0.05, 0) is 29.2 Å². The van der Waals surface area contributed by atoms with Gasteiger partial charge in [0, 0.05) is 19.1 Å². The maximum absolute atomic E-state index is 13.2. The molecule has 1 amide bonds. The zero-order valence-corrected chi connectivity index (χ0v) is 13.1. The first-order valence-corrected chi connectivity index (χ1v) is 8.03. The zero-order valence-electron chi connectivity index (χ0n) is 13.1. The van der Waals surface area contributed by atoms with Crippen molar-refractivity contribution >= 4 is 13.8 Å². The molecule has 1 aliphatic carbocycles. The van der Waals surface area contributed by atoms with E-state index in [4.69, 9.17) is 12.6 Å². The SMILES string of the molecule is [B]C1CN(C(=O)C2c3ccccc3-c3ccccc32)CC(C)O1. The Bertz CT molecular complexity index is 705. The molecule has 4 rings (SSSR count). The minimum absolute atomic E-state index is 0.0328. The molecule has 1 aliphatic heterocycles. The van der Waals surface area contributed by atoms with E-state index in [0.29, 0.717) is 13.1 Å². The largest absolute Gasteiger partial charge is 0.381 e. The van der Waals surface area contributed by atoms with E-state index >= 15 is 0 Å². The summed E-state index contributed by atoms with van der Waals surface area (Å²) in [5, 5.41) is 0. The van der Waals surface area contributed by atoms with Crippen LogP contribution >= 0.6 is 0 Å². The van der Waals surface area contributed by atoms with Crippen LogP contribution < -0.4 is 0 Å². The Balaban J connectivity index is 1.75. The average molecular weight is 303 g/mol. The molecule has 0 saturated carbocycles. The van der Waals surface area contributed by atoms with Crippen molar-refractivity contribution in [1.82, 2.24) is 4.90 Å². The summed E-state index contributed by atoms with van der Waals surface area (Å²) in [6.45, 7) is 2.99. The van der Waals surface area contributed by atoms with Crippen LogP contribution in [-0.2, 0) is 9.53 Å². The fourth-order valence-electron chi connectivity index (χ4n) is 3.77. The molecular formula is C19H18BNO2. The number of amides is 1. The molecule has 0 aromatic heterocycles. The lowest BCUT2D eigenvalue weighted by Crippen LogP contribution is -2.50. The van der Waals surface area contributed by atoms with E-state index in [9.17, 15) is 4.79 Å². The lowest BCUT2D eigenvalue weighted by molar-refractivity contribution is -0.140. The number of ether oxygens (including phenoxy) is 1. The van der Waals surface area contributed by atoms with Crippen LogP contribution in [0.1, 0.15) is 24.0 Å². The second-order valence-electron chi connectivity index (χ2n) is 6.34. The predicted molar refractivity (Wildman–Crippen MR) is 90.4 cm³/mol. The molecule has 2 aromatic carbocycles. The van der Waals surface area contributed by atoms with Crippen LogP contribution in [0.15, 0.2) is 48.5 Å². The van der Waals surface area contributed by atoms with Gasteiger partial charge < -0.3 is 9.64 Å². The molecule has 0 spiro atoms. The van der Waals surface area contributed by atoms with Gasteiger partial charge in [0.15, 0.2) is 0 Å². The highest BCUT2D eigenvalue weighted by Gasteiger charge is 2.37. The third-order valence-electron chi connectivity index (χ3n) is 4.68. The molecule has 3 nitrogen and oxygen atoms in total. The third kappa shape index (κ3) is 2.38. The van der Waals surface area contributed by atoms with Crippen LogP contribution in [0, 0.1) is 0 Å². The fourth-order valence-corrected chi connectivity index (χ4v) is 3.77. The molecular weight excluding hydrogens is 285 g/mol. The van der Waals surface area contributed by atoms with Crippen LogP contribution in [0.2, 0.25) is 0 Å². The van der Waals surface area contributed by atoms with Crippen LogP contribution in [0.3, 0.4) is 0 Å². The van der Waals surface area contributed by atoms with E-state index in [1.807, 2.05) is 36.1 Å². The Hall–Kier alpha value is -2.07. The van der Waals surface area contributed by atoms with E-state index < -0.39 is 6.00 Å². The van der Waals surface area contributed by atoms with Gasteiger partial charge in [0.05, 0.1) is 12.0 Å². The smallest absolute Gasteiger partial charge is 0.234 e. The van der Waals surface area contributed by atoms with Gasteiger partial charge in [-0.25, -0.2) is 0 Å². The first kappa shape index (κ1) is 14.5. The van der Waals surface area contributed by atoms with E-state index in [-0.39, 0.29) is 17.9 Å². The van der Waals surface area contributed by atoms with E-state index in [1.165, 1.54) is 0 Å². The number of hydrogen-bond donors (Lipinski definition) is 0. The number of nitrogens with zero attached hydrogens (tertiary/aromatic N) is 1. The van der Waals surface area contributed by atoms with Crippen molar-refractivity contribution in [3.8, 4) is 11.1 Å². The molecule has 114 valence electrons. The molecule has 2 atom stereocenters. The number of carbonyl (C=O) groups excluding carboxylic acids is 1. The zero-order chi connectivity index (χ0) is 16.0. The fraction of sp³-hybridized carbons (Fsp3) is 0.316. The predicted octanol–water partition coefficient (Wildman–Crippen LogP) is 2.54.